The molecular weight excluding hydrogens is 318 g/mol. The molecule has 2 rings (SSSR count). The number of hydrogen-bond donors (Lipinski definition) is 1. The Hall–Kier alpha value is -1.67. The van der Waals surface area contributed by atoms with Gasteiger partial charge in [0.05, 0.1) is 9.82 Å². The number of nitrogens with one attached hydrogen (secondary N) is 1. The van der Waals surface area contributed by atoms with E-state index in [2.05, 4.69) is 4.72 Å². The molecule has 0 amide bonds. The highest BCUT2D eigenvalue weighted by Gasteiger charge is 2.27. The molecular formula is C15H23N3O4S. The highest BCUT2D eigenvalue weighted by Crippen LogP contribution is 2.35. The lowest BCUT2D eigenvalue weighted by atomic mass is 9.93. The van der Waals surface area contributed by atoms with Crippen molar-refractivity contribution in [2.24, 2.45) is 0 Å². The zero-order chi connectivity index (χ0) is 17.0. The minimum absolute atomic E-state index is 0.0878. The van der Waals surface area contributed by atoms with Gasteiger partial charge in [0.2, 0.25) is 10.0 Å². The monoisotopic (exact) mass is 341 g/mol. The fraction of sp³-hybridized carbons (Fsp3) is 0.600. The van der Waals surface area contributed by atoms with Crippen LogP contribution in [0.15, 0.2) is 23.1 Å². The molecule has 1 fully saturated rings. The summed E-state index contributed by atoms with van der Waals surface area (Å²) in [4.78, 5) is 12.9. The van der Waals surface area contributed by atoms with Gasteiger partial charge in [-0.15, -0.1) is 0 Å². The summed E-state index contributed by atoms with van der Waals surface area (Å²) in [6.07, 6.45) is 5.49. The Bertz CT molecular complexity index is 669. The summed E-state index contributed by atoms with van der Waals surface area (Å²) in [7, 11) is -2.41. The van der Waals surface area contributed by atoms with E-state index in [1.807, 2.05) is 11.8 Å². The van der Waals surface area contributed by atoms with Crippen molar-refractivity contribution in [3.8, 4) is 0 Å². The van der Waals surface area contributed by atoms with E-state index >= 15 is 0 Å². The van der Waals surface area contributed by atoms with Crippen molar-refractivity contribution >= 4 is 21.4 Å². The third-order valence-corrected chi connectivity index (χ3v) is 5.80. The minimum Gasteiger partial charge on any atom is -0.363 e. The first-order valence-electron chi connectivity index (χ1n) is 7.89. The Balaban J connectivity index is 2.46. The van der Waals surface area contributed by atoms with Crippen LogP contribution in [0, 0.1) is 10.1 Å². The number of nitro groups is 1. The smallest absolute Gasteiger partial charge is 0.293 e. The van der Waals surface area contributed by atoms with Gasteiger partial charge in [-0.2, -0.15) is 0 Å². The molecule has 0 spiro atoms. The van der Waals surface area contributed by atoms with E-state index in [0.717, 1.165) is 31.7 Å². The summed E-state index contributed by atoms with van der Waals surface area (Å²) in [5.74, 6) is 0. The molecule has 8 heteroatoms. The quantitative estimate of drug-likeness (QED) is 0.634. The summed E-state index contributed by atoms with van der Waals surface area (Å²) in [6, 6.07) is 4.41. The van der Waals surface area contributed by atoms with Crippen molar-refractivity contribution in [1.82, 2.24) is 4.72 Å². The van der Waals surface area contributed by atoms with E-state index in [4.69, 9.17) is 0 Å². The van der Waals surface area contributed by atoms with Gasteiger partial charge in [-0.1, -0.05) is 19.3 Å². The Labute approximate surface area is 136 Å². The predicted octanol–water partition coefficient (Wildman–Crippen LogP) is 2.66. The molecule has 0 aliphatic heterocycles. The summed E-state index contributed by atoms with van der Waals surface area (Å²) in [5, 5.41) is 11.5. The molecule has 0 saturated heterocycles. The van der Waals surface area contributed by atoms with Crippen LogP contribution in [0.5, 0.6) is 0 Å². The van der Waals surface area contributed by atoms with Crippen LogP contribution in [0.2, 0.25) is 0 Å². The fourth-order valence-corrected chi connectivity index (χ4v) is 3.94. The highest BCUT2D eigenvalue weighted by molar-refractivity contribution is 7.89. The normalized spacial score (nSPS) is 16.3. The molecule has 128 valence electrons. The molecule has 0 bridgehead atoms. The van der Waals surface area contributed by atoms with Crippen LogP contribution in [-0.4, -0.2) is 33.0 Å². The van der Waals surface area contributed by atoms with Crippen molar-refractivity contribution < 1.29 is 13.3 Å². The topological polar surface area (TPSA) is 92.6 Å². The molecule has 0 unspecified atom stereocenters. The van der Waals surface area contributed by atoms with Crippen LogP contribution in [0.1, 0.15) is 39.0 Å². The van der Waals surface area contributed by atoms with Gasteiger partial charge in [-0.25, -0.2) is 13.1 Å². The Morgan fingerprint density at radius 3 is 2.48 bits per heavy atom. The van der Waals surface area contributed by atoms with Gasteiger partial charge in [-0.05, 0) is 38.9 Å². The standard InChI is InChI=1S/C15H23N3O4S/c1-3-17(12-7-5-4-6-8-12)14-10-9-13(23(21,22)16-2)11-15(14)18(19)20/h9-12,16H,3-8H2,1-2H3. The van der Waals surface area contributed by atoms with Crippen LogP contribution in [0.3, 0.4) is 0 Å². The van der Waals surface area contributed by atoms with Crippen molar-refractivity contribution in [2.45, 2.75) is 50.0 Å². The van der Waals surface area contributed by atoms with Crippen LogP contribution in [-0.2, 0) is 10.0 Å². The maximum absolute atomic E-state index is 11.9. The largest absolute Gasteiger partial charge is 0.363 e. The maximum Gasteiger partial charge on any atom is 0.293 e. The van der Waals surface area contributed by atoms with Gasteiger partial charge in [0.1, 0.15) is 5.69 Å². The number of rotatable bonds is 6. The van der Waals surface area contributed by atoms with Gasteiger partial charge in [0, 0.05) is 18.7 Å². The van der Waals surface area contributed by atoms with E-state index in [9.17, 15) is 18.5 Å². The molecule has 1 aromatic carbocycles. The first kappa shape index (κ1) is 17.7. The van der Waals surface area contributed by atoms with Crippen molar-refractivity contribution in [2.75, 3.05) is 18.5 Å². The molecule has 1 saturated carbocycles. The van der Waals surface area contributed by atoms with Gasteiger partial charge < -0.3 is 4.90 Å². The zero-order valence-electron chi connectivity index (χ0n) is 13.5. The summed E-state index contributed by atoms with van der Waals surface area (Å²) >= 11 is 0. The fourth-order valence-electron chi connectivity index (χ4n) is 3.20. The number of anilines is 1. The number of nitro benzene ring substituents is 1. The molecule has 7 nitrogen and oxygen atoms in total. The van der Waals surface area contributed by atoms with E-state index in [0.29, 0.717) is 12.2 Å². The first-order valence-corrected chi connectivity index (χ1v) is 9.37. The number of sulfonamides is 1. The third-order valence-electron chi connectivity index (χ3n) is 4.39. The van der Waals surface area contributed by atoms with Crippen LogP contribution < -0.4 is 9.62 Å². The van der Waals surface area contributed by atoms with Crippen LogP contribution in [0.4, 0.5) is 11.4 Å². The second-order valence-corrected chi connectivity index (χ2v) is 7.58. The molecule has 0 radical (unpaired) electrons. The Morgan fingerprint density at radius 2 is 1.96 bits per heavy atom. The molecule has 0 heterocycles. The highest BCUT2D eigenvalue weighted by atomic mass is 32.2. The average molecular weight is 341 g/mol. The molecule has 1 aromatic rings. The van der Waals surface area contributed by atoms with Crippen molar-refractivity contribution in [1.29, 1.82) is 0 Å². The lowest BCUT2D eigenvalue weighted by Gasteiger charge is -2.35. The number of hydrogen-bond acceptors (Lipinski definition) is 5. The average Bonchev–Trinajstić information content (AvgIpc) is 2.56. The van der Waals surface area contributed by atoms with E-state index in [1.54, 1.807) is 6.07 Å². The minimum atomic E-state index is -3.70. The van der Waals surface area contributed by atoms with Gasteiger partial charge in [0.25, 0.3) is 5.69 Å². The third kappa shape index (κ3) is 3.81. The van der Waals surface area contributed by atoms with Gasteiger partial charge in [-0.3, -0.25) is 10.1 Å². The molecule has 1 aliphatic carbocycles. The lowest BCUT2D eigenvalue weighted by Crippen LogP contribution is -2.37. The molecule has 1 aliphatic rings. The van der Waals surface area contributed by atoms with E-state index in [-0.39, 0.29) is 16.6 Å². The summed E-state index contributed by atoms with van der Waals surface area (Å²) in [6.45, 7) is 2.63. The summed E-state index contributed by atoms with van der Waals surface area (Å²) in [5.41, 5.74) is 0.341. The zero-order valence-corrected chi connectivity index (χ0v) is 14.3. The Kier molecular flexibility index (Phi) is 5.59. The van der Waals surface area contributed by atoms with E-state index < -0.39 is 14.9 Å². The maximum atomic E-state index is 11.9. The molecule has 23 heavy (non-hydrogen) atoms. The van der Waals surface area contributed by atoms with Gasteiger partial charge >= 0.3 is 0 Å². The first-order chi connectivity index (χ1) is 10.9. The second-order valence-electron chi connectivity index (χ2n) is 5.69. The van der Waals surface area contributed by atoms with Crippen LogP contribution >= 0.6 is 0 Å². The molecule has 0 atom stereocenters. The number of benzene rings is 1. The SMILES string of the molecule is CCN(c1ccc(S(=O)(=O)NC)cc1[N+](=O)[O-])C1CCCCC1. The van der Waals surface area contributed by atoms with Crippen molar-refractivity contribution in [3.63, 3.8) is 0 Å². The second kappa shape index (κ2) is 7.27. The number of nitrogens with zero attached hydrogens (tertiary/aromatic N) is 2. The Morgan fingerprint density at radius 1 is 1.30 bits per heavy atom. The van der Waals surface area contributed by atoms with E-state index in [1.165, 1.54) is 19.5 Å². The van der Waals surface area contributed by atoms with Crippen molar-refractivity contribution in [3.05, 3.63) is 28.3 Å². The predicted molar refractivity (Wildman–Crippen MR) is 89.2 cm³/mol. The van der Waals surface area contributed by atoms with Gasteiger partial charge in [0.15, 0.2) is 0 Å². The summed E-state index contributed by atoms with van der Waals surface area (Å²) < 4.78 is 25.9. The molecule has 0 aromatic heterocycles. The van der Waals surface area contributed by atoms with Crippen LogP contribution in [0.25, 0.3) is 0 Å². The lowest BCUT2D eigenvalue weighted by molar-refractivity contribution is -0.384. The molecule has 1 N–H and O–H groups in total.